The summed E-state index contributed by atoms with van der Waals surface area (Å²) in [5.41, 5.74) is -0.515. The van der Waals surface area contributed by atoms with Crippen molar-refractivity contribution in [1.29, 1.82) is 0 Å². The quantitative estimate of drug-likeness (QED) is 0.714. The number of amides is 1. The van der Waals surface area contributed by atoms with Gasteiger partial charge in [0.2, 0.25) is 0 Å². The molecule has 114 valence electrons. The monoisotopic (exact) mass is 423 g/mol. The Morgan fingerprint density at radius 1 is 1.48 bits per heavy atom. The third-order valence-electron chi connectivity index (χ3n) is 3.84. The number of carbonyl (C=O) groups excluding carboxylic acids is 1. The van der Waals surface area contributed by atoms with E-state index >= 15 is 0 Å². The van der Waals surface area contributed by atoms with Crippen molar-refractivity contribution in [2.45, 2.75) is 19.3 Å². The standard InChI is InChI=1S/C14H15ClINO4/c1-21-11-6-10(16)9(15)5-8(11)12(18)17-7-14(13(19)20)3-2-4-14/h5-6H,2-4,7H2,1H3,(H,17,18)(H,19,20). The first-order valence-electron chi connectivity index (χ1n) is 6.44. The van der Waals surface area contributed by atoms with Gasteiger partial charge in [0.25, 0.3) is 5.91 Å². The highest BCUT2D eigenvalue weighted by Crippen LogP contribution is 2.40. The van der Waals surface area contributed by atoms with Crippen LogP contribution in [-0.4, -0.2) is 30.6 Å². The fraction of sp³-hybridized carbons (Fsp3) is 0.429. The Bertz CT molecular complexity index is 587. The van der Waals surface area contributed by atoms with E-state index in [1.54, 1.807) is 6.07 Å². The molecule has 0 spiro atoms. The molecule has 0 heterocycles. The summed E-state index contributed by atoms with van der Waals surface area (Å²) in [6, 6.07) is 3.21. The van der Waals surface area contributed by atoms with Crippen LogP contribution in [0.5, 0.6) is 5.75 Å². The summed E-state index contributed by atoms with van der Waals surface area (Å²) in [6.07, 6.45) is 2.06. The Kier molecular flexibility index (Phi) is 4.98. The molecule has 7 heteroatoms. The summed E-state index contributed by atoms with van der Waals surface area (Å²) >= 11 is 8.08. The van der Waals surface area contributed by atoms with Gasteiger partial charge in [0.1, 0.15) is 5.75 Å². The Labute approximate surface area is 141 Å². The van der Waals surface area contributed by atoms with Gasteiger partial charge in [0.05, 0.1) is 23.1 Å². The van der Waals surface area contributed by atoms with Gasteiger partial charge in [-0.2, -0.15) is 0 Å². The van der Waals surface area contributed by atoms with Crippen molar-refractivity contribution in [2.24, 2.45) is 5.41 Å². The summed E-state index contributed by atoms with van der Waals surface area (Å²) < 4.78 is 5.96. The number of aliphatic carboxylic acids is 1. The number of carboxylic acids is 1. The molecule has 21 heavy (non-hydrogen) atoms. The first kappa shape index (κ1) is 16.4. The molecule has 1 amide bonds. The molecule has 2 rings (SSSR count). The zero-order valence-corrected chi connectivity index (χ0v) is 14.3. The van der Waals surface area contributed by atoms with Gasteiger partial charge in [-0.25, -0.2) is 0 Å². The van der Waals surface area contributed by atoms with E-state index in [1.165, 1.54) is 13.2 Å². The molecule has 0 bridgehead atoms. The molecule has 1 fully saturated rings. The molecule has 1 aromatic carbocycles. The van der Waals surface area contributed by atoms with E-state index in [0.29, 0.717) is 29.2 Å². The second-order valence-electron chi connectivity index (χ2n) is 5.09. The Morgan fingerprint density at radius 2 is 2.14 bits per heavy atom. The fourth-order valence-corrected chi connectivity index (χ4v) is 2.89. The molecular weight excluding hydrogens is 409 g/mol. The summed E-state index contributed by atoms with van der Waals surface area (Å²) in [4.78, 5) is 23.5. The lowest BCUT2D eigenvalue weighted by atomic mass is 9.69. The summed E-state index contributed by atoms with van der Waals surface area (Å²) in [7, 11) is 1.47. The molecule has 0 aromatic heterocycles. The third kappa shape index (κ3) is 3.26. The van der Waals surface area contributed by atoms with Crippen LogP contribution < -0.4 is 10.1 Å². The van der Waals surface area contributed by atoms with Crippen LogP contribution in [0.15, 0.2) is 12.1 Å². The van der Waals surface area contributed by atoms with E-state index in [2.05, 4.69) is 27.9 Å². The van der Waals surface area contributed by atoms with Gasteiger partial charge >= 0.3 is 5.97 Å². The van der Waals surface area contributed by atoms with Gasteiger partial charge < -0.3 is 15.2 Å². The zero-order chi connectivity index (χ0) is 15.6. The van der Waals surface area contributed by atoms with Crippen molar-refractivity contribution < 1.29 is 19.4 Å². The summed E-state index contributed by atoms with van der Waals surface area (Å²) in [5.74, 6) is -0.821. The van der Waals surface area contributed by atoms with Crippen LogP contribution in [0.2, 0.25) is 5.02 Å². The lowest BCUT2D eigenvalue weighted by molar-refractivity contribution is -0.153. The van der Waals surface area contributed by atoms with Crippen LogP contribution in [0.1, 0.15) is 29.6 Å². The molecule has 1 aromatic rings. The molecule has 0 radical (unpaired) electrons. The van der Waals surface area contributed by atoms with Crippen LogP contribution >= 0.6 is 34.2 Å². The van der Waals surface area contributed by atoms with Gasteiger partial charge in [-0.1, -0.05) is 18.0 Å². The maximum atomic E-state index is 12.3. The molecule has 1 aliphatic carbocycles. The number of halogens is 2. The molecule has 5 nitrogen and oxygen atoms in total. The van der Waals surface area contributed by atoms with Crippen molar-refractivity contribution in [1.82, 2.24) is 5.32 Å². The number of carboxylic acid groups (broad SMARTS) is 1. The Morgan fingerprint density at radius 3 is 2.62 bits per heavy atom. The number of ether oxygens (including phenoxy) is 1. The maximum Gasteiger partial charge on any atom is 0.311 e. The first-order valence-corrected chi connectivity index (χ1v) is 7.90. The second-order valence-corrected chi connectivity index (χ2v) is 6.66. The number of nitrogens with one attached hydrogen (secondary N) is 1. The molecule has 0 aliphatic heterocycles. The topological polar surface area (TPSA) is 75.6 Å². The minimum absolute atomic E-state index is 0.119. The van der Waals surface area contributed by atoms with Gasteiger partial charge in [0, 0.05) is 10.1 Å². The third-order valence-corrected chi connectivity index (χ3v) is 5.36. The van der Waals surface area contributed by atoms with E-state index in [4.69, 9.17) is 16.3 Å². The van der Waals surface area contributed by atoms with Gasteiger partial charge in [-0.05, 0) is 47.6 Å². The Hall–Kier alpha value is -1.02. The van der Waals surface area contributed by atoms with Crippen LogP contribution in [0.3, 0.4) is 0 Å². The number of benzene rings is 1. The summed E-state index contributed by atoms with van der Waals surface area (Å²) in [6.45, 7) is 0.119. The van der Waals surface area contributed by atoms with Gasteiger partial charge in [-0.3, -0.25) is 9.59 Å². The highest BCUT2D eigenvalue weighted by atomic mass is 127. The van der Waals surface area contributed by atoms with Crippen LogP contribution in [0, 0.1) is 8.99 Å². The number of hydrogen-bond acceptors (Lipinski definition) is 3. The number of hydrogen-bond donors (Lipinski definition) is 2. The molecule has 1 aliphatic rings. The minimum atomic E-state index is -0.860. The van der Waals surface area contributed by atoms with Crippen LogP contribution in [0.4, 0.5) is 0 Å². The zero-order valence-electron chi connectivity index (χ0n) is 11.4. The van der Waals surface area contributed by atoms with Crippen molar-refractivity contribution in [3.63, 3.8) is 0 Å². The largest absolute Gasteiger partial charge is 0.496 e. The average molecular weight is 424 g/mol. The smallest absolute Gasteiger partial charge is 0.311 e. The van der Waals surface area contributed by atoms with Crippen LogP contribution in [-0.2, 0) is 4.79 Å². The normalized spacial score (nSPS) is 16.0. The Balaban J connectivity index is 2.14. The van der Waals surface area contributed by atoms with Gasteiger partial charge in [-0.15, -0.1) is 0 Å². The van der Waals surface area contributed by atoms with E-state index < -0.39 is 11.4 Å². The fourth-order valence-electron chi connectivity index (χ4n) is 2.29. The van der Waals surface area contributed by atoms with Crippen molar-refractivity contribution >= 4 is 46.1 Å². The first-order chi connectivity index (χ1) is 9.89. The number of methoxy groups -OCH3 is 1. The maximum absolute atomic E-state index is 12.3. The molecular formula is C14H15ClINO4. The van der Waals surface area contributed by atoms with Crippen LogP contribution in [0.25, 0.3) is 0 Å². The van der Waals surface area contributed by atoms with Crippen molar-refractivity contribution in [2.75, 3.05) is 13.7 Å². The number of rotatable bonds is 5. The minimum Gasteiger partial charge on any atom is -0.496 e. The highest BCUT2D eigenvalue weighted by Gasteiger charge is 2.44. The van der Waals surface area contributed by atoms with E-state index in [9.17, 15) is 14.7 Å². The average Bonchev–Trinajstić information content (AvgIpc) is 2.39. The highest BCUT2D eigenvalue weighted by molar-refractivity contribution is 14.1. The second kappa shape index (κ2) is 6.39. The number of carbonyl (C=O) groups is 2. The molecule has 0 atom stereocenters. The summed E-state index contributed by atoms with van der Waals surface area (Å²) in [5, 5.41) is 12.4. The lowest BCUT2D eigenvalue weighted by Gasteiger charge is -2.37. The van der Waals surface area contributed by atoms with Gasteiger partial charge in [0.15, 0.2) is 0 Å². The molecule has 0 saturated heterocycles. The van der Waals surface area contributed by atoms with E-state index in [-0.39, 0.29) is 12.5 Å². The van der Waals surface area contributed by atoms with E-state index in [0.717, 1.165) is 9.99 Å². The predicted molar refractivity (Wildman–Crippen MR) is 87.0 cm³/mol. The molecule has 2 N–H and O–H groups in total. The van der Waals surface area contributed by atoms with E-state index in [1.807, 2.05) is 0 Å². The predicted octanol–water partition coefficient (Wildman–Crippen LogP) is 2.94. The lowest BCUT2D eigenvalue weighted by Crippen LogP contribution is -2.47. The molecule has 0 unspecified atom stereocenters. The SMILES string of the molecule is COc1cc(I)c(Cl)cc1C(=O)NCC1(C(=O)O)CCC1. The molecule has 1 saturated carbocycles. The van der Waals surface area contributed by atoms with Crippen molar-refractivity contribution in [3.05, 3.63) is 26.3 Å². The van der Waals surface area contributed by atoms with Crippen molar-refractivity contribution in [3.8, 4) is 5.75 Å².